The van der Waals surface area contributed by atoms with Crippen LogP contribution in [0.2, 0.25) is 0 Å². The third-order valence-corrected chi connectivity index (χ3v) is 3.49. The summed E-state index contributed by atoms with van der Waals surface area (Å²) in [6, 6.07) is 9.99. The van der Waals surface area contributed by atoms with Crippen molar-refractivity contribution in [2.75, 3.05) is 6.54 Å². The van der Waals surface area contributed by atoms with E-state index in [9.17, 15) is 4.79 Å². The van der Waals surface area contributed by atoms with Crippen LogP contribution in [0.3, 0.4) is 0 Å². The number of halogens is 2. The monoisotopic (exact) mass is 257 g/mol. The summed E-state index contributed by atoms with van der Waals surface area (Å²) in [5, 5.41) is 0. The largest absolute Gasteiger partial charge is 0.299 e. The molecule has 0 unspecified atom stereocenters. The fourth-order valence-corrected chi connectivity index (χ4v) is 2.45. The van der Waals surface area contributed by atoms with Crippen molar-refractivity contribution >= 4 is 29.0 Å². The first-order valence-electron chi connectivity index (χ1n) is 5.26. The van der Waals surface area contributed by atoms with Gasteiger partial charge in [0.05, 0.1) is 6.42 Å². The Kier molecular flexibility index (Phi) is 3.53. The second kappa shape index (κ2) is 4.74. The minimum absolute atomic E-state index is 0.134. The molecular weight excluding hydrogens is 245 g/mol. The average molecular weight is 258 g/mol. The number of Topliss-reactive ketones (excluding diaryl/α,β-unsaturated/α-hetero) is 1. The minimum Gasteiger partial charge on any atom is -0.299 e. The molecule has 1 aliphatic rings. The third-order valence-electron chi connectivity index (χ3n) is 2.75. The van der Waals surface area contributed by atoms with E-state index in [1.807, 2.05) is 35.2 Å². The minimum atomic E-state index is -1.05. The van der Waals surface area contributed by atoms with Crippen molar-refractivity contribution in [1.82, 2.24) is 4.90 Å². The number of carbonyl (C=O) groups is 1. The molecule has 1 aliphatic heterocycles. The Hall–Kier alpha value is -0.570. The lowest BCUT2D eigenvalue weighted by Crippen LogP contribution is -2.46. The maximum atomic E-state index is 11.3. The molecule has 0 saturated carbocycles. The van der Waals surface area contributed by atoms with Crippen molar-refractivity contribution in [2.45, 2.75) is 23.8 Å². The number of hydrogen-bond acceptors (Lipinski definition) is 2. The summed E-state index contributed by atoms with van der Waals surface area (Å²) in [5.74, 6) is 0.134. The first-order chi connectivity index (χ1) is 7.58. The Morgan fingerprint density at radius 3 is 2.56 bits per heavy atom. The van der Waals surface area contributed by atoms with Gasteiger partial charge in [0.15, 0.2) is 4.46 Å². The van der Waals surface area contributed by atoms with Crippen LogP contribution < -0.4 is 0 Å². The normalized spacial score (nSPS) is 21.0. The van der Waals surface area contributed by atoms with E-state index in [4.69, 9.17) is 23.2 Å². The molecule has 0 aromatic heterocycles. The summed E-state index contributed by atoms with van der Waals surface area (Å²) in [5.41, 5.74) is 1.16. The lowest BCUT2D eigenvalue weighted by Gasteiger charge is -2.37. The van der Waals surface area contributed by atoms with E-state index in [0.717, 1.165) is 5.56 Å². The summed E-state index contributed by atoms with van der Waals surface area (Å²) in [6.07, 6.45) is 0.747. The molecule has 0 atom stereocenters. The number of rotatable bonds is 2. The molecule has 86 valence electrons. The number of piperidine rings is 1. The number of alkyl halides is 2. The molecule has 0 aliphatic carbocycles. The molecule has 4 heteroatoms. The van der Waals surface area contributed by atoms with E-state index in [1.165, 1.54) is 0 Å². The predicted molar refractivity (Wildman–Crippen MR) is 65.5 cm³/mol. The van der Waals surface area contributed by atoms with E-state index >= 15 is 0 Å². The molecule has 1 saturated heterocycles. The van der Waals surface area contributed by atoms with Gasteiger partial charge in [0.25, 0.3) is 0 Å². The van der Waals surface area contributed by atoms with Crippen LogP contribution in [-0.4, -0.2) is 21.7 Å². The van der Waals surface area contributed by atoms with Crippen LogP contribution in [0.25, 0.3) is 0 Å². The van der Waals surface area contributed by atoms with Crippen LogP contribution in [0.15, 0.2) is 30.3 Å². The molecule has 0 N–H and O–H groups in total. The van der Waals surface area contributed by atoms with Gasteiger partial charge in [0.2, 0.25) is 0 Å². The van der Waals surface area contributed by atoms with Crippen LogP contribution in [0.5, 0.6) is 0 Å². The number of carbonyl (C=O) groups excluding carboxylic acids is 1. The van der Waals surface area contributed by atoms with E-state index in [2.05, 4.69) is 0 Å². The molecule has 1 aromatic carbocycles. The summed E-state index contributed by atoms with van der Waals surface area (Å²) in [7, 11) is 0. The van der Waals surface area contributed by atoms with Crippen molar-refractivity contribution in [2.24, 2.45) is 0 Å². The molecule has 0 spiro atoms. The Morgan fingerprint density at radius 2 is 1.94 bits per heavy atom. The molecule has 16 heavy (non-hydrogen) atoms. The zero-order valence-electron chi connectivity index (χ0n) is 8.83. The summed E-state index contributed by atoms with van der Waals surface area (Å²) in [6.45, 7) is 1.31. The van der Waals surface area contributed by atoms with Gasteiger partial charge in [-0.1, -0.05) is 53.5 Å². The Bertz CT molecular complexity index is 378. The molecule has 0 amide bonds. The van der Waals surface area contributed by atoms with Gasteiger partial charge in [0.1, 0.15) is 5.78 Å². The highest BCUT2D eigenvalue weighted by atomic mass is 35.5. The fourth-order valence-electron chi connectivity index (χ4n) is 1.86. The van der Waals surface area contributed by atoms with Gasteiger partial charge >= 0.3 is 0 Å². The summed E-state index contributed by atoms with van der Waals surface area (Å²) < 4.78 is -1.05. The molecule has 1 fully saturated rings. The van der Waals surface area contributed by atoms with Crippen molar-refractivity contribution in [3.8, 4) is 0 Å². The summed E-state index contributed by atoms with van der Waals surface area (Å²) in [4.78, 5) is 13.2. The smallest absolute Gasteiger partial charge is 0.178 e. The van der Waals surface area contributed by atoms with Crippen molar-refractivity contribution in [3.63, 3.8) is 0 Å². The van der Waals surface area contributed by atoms with Crippen molar-refractivity contribution in [1.29, 1.82) is 0 Å². The van der Waals surface area contributed by atoms with Crippen LogP contribution in [0.4, 0.5) is 0 Å². The van der Waals surface area contributed by atoms with Gasteiger partial charge in [-0.2, -0.15) is 0 Å². The molecule has 1 aromatic rings. The average Bonchev–Trinajstić information content (AvgIpc) is 2.23. The van der Waals surface area contributed by atoms with Gasteiger partial charge in [-0.15, -0.1) is 0 Å². The zero-order valence-corrected chi connectivity index (χ0v) is 10.3. The SMILES string of the molecule is O=C1CCN(Cc2ccccc2)C(Cl)(Cl)C1. The quantitative estimate of drug-likeness (QED) is 0.600. The first kappa shape index (κ1) is 11.9. The fraction of sp³-hybridized carbons (Fsp3) is 0.417. The van der Waals surface area contributed by atoms with Crippen LogP contribution >= 0.6 is 23.2 Å². The Morgan fingerprint density at radius 1 is 1.25 bits per heavy atom. The summed E-state index contributed by atoms with van der Waals surface area (Å²) >= 11 is 12.3. The van der Waals surface area contributed by atoms with Gasteiger partial charge in [-0.25, -0.2) is 0 Å². The highest BCUT2D eigenvalue weighted by Gasteiger charge is 2.38. The predicted octanol–water partition coefficient (Wildman–Crippen LogP) is 2.98. The van der Waals surface area contributed by atoms with E-state index in [1.54, 1.807) is 0 Å². The van der Waals surface area contributed by atoms with Gasteiger partial charge in [-0.3, -0.25) is 9.69 Å². The number of hydrogen-bond donors (Lipinski definition) is 0. The zero-order chi connectivity index (χ0) is 11.6. The maximum Gasteiger partial charge on any atom is 0.178 e. The lowest BCUT2D eigenvalue weighted by molar-refractivity contribution is -0.122. The maximum absolute atomic E-state index is 11.3. The van der Waals surface area contributed by atoms with Crippen molar-refractivity contribution in [3.05, 3.63) is 35.9 Å². The highest BCUT2D eigenvalue weighted by Crippen LogP contribution is 2.35. The van der Waals surface area contributed by atoms with E-state index in [0.29, 0.717) is 19.5 Å². The van der Waals surface area contributed by atoms with Gasteiger partial charge < -0.3 is 0 Å². The van der Waals surface area contributed by atoms with Crippen LogP contribution in [-0.2, 0) is 11.3 Å². The third kappa shape index (κ3) is 2.76. The van der Waals surface area contributed by atoms with Gasteiger partial charge in [0, 0.05) is 19.5 Å². The first-order valence-corrected chi connectivity index (χ1v) is 6.02. The lowest BCUT2D eigenvalue weighted by atomic mass is 10.1. The molecular formula is C12H13Cl2NO. The van der Waals surface area contributed by atoms with E-state index < -0.39 is 4.46 Å². The molecule has 2 nitrogen and oxygen atoms in total. The van der Waals surface area contributed by atoms with Crippen LogP contribution in [0.1, 0.15) is 18.4 Å². The van der Waals surface area contributed by atoms with Crippen LogP contribution in [0, 0.1) is 0 Å². The highest BCUT2D eigenvalue weighted by molar-refractivity contribution is 6.49. The second-order valence-electron chi connectivity index (χ2n) is 4.04. The standard InChI is InChI=1S/C12H13Cl2NO/c13-12(14)8-11(16)6-7-15(12)9-10-4-2-1-3-5-10/h1-5H,6-9H2. The second-order valence-corrected chi connectivity index (χ2v) is 5.48. The van der Waals surface area contributed by atoms with Crippen molar-refractivity contribution < 1.29 is 4.79 Å². The number of likely N-dealkylation sites (tertiary alicyclic amines) is 1. The molecule has 0 bridgehead atoms. The molecule has 2 rings (SSSR count). The number of nitrogens with zero attached hydrogens (tertiary/aromatic N) is 1. The topological polar surface area (TPSA) is 20.3 Å². The van der Waals surface area contributed by atoms with Gasteiger partial charge in [-0.05, 0) is 5.56 Å². The molecule has 1 heterocycles. The Labute approximate surface area is 105 Å². The van der Waals surface area contributed by atoms with E-state index in [-0.39, 0.29) is 12.2 Å². The molecule has 0 radical (unpaired) electrons. The number of ketones is 1. The number of benzene rings is 1. The Balaban J connectivity index is 2.07.